The Bertz CT molecular complexity index is 1080. The Morgan fingerprint density at radius 3 is 2.62 bits per heavy atom. The van der Waals surface area contributed by atoms with Crippen molar-refractivity contribution in [2.24, 2.45) is 5.73 Å². The van der Waals surface area contributed by atoms with Crippen molar-refractivity contribution in [3.8, 4) is 0 Å². The van der Waals surface area contributed by atoms with E-state index in [1.165, 1.54) is 23.3 Å². The van der Waals surface area contributed by atoms with Crippen LogP contribution in [0.4, 0.5) is 16.3 Å². The Hall–Kier alpha value is -3.20. The molecule has 8 nitrogen and oxygen atoms in total. The number of nitrogens with zero attached hydrogens (tertiary/aromatic N) is 2. The monoisotopic (exact) mass is 411 g/mol. The maximum absolute atomic E-state index is 12.3. The fourth-order valence-electron chi connectivity index (χ4n) is 3.52. The first-order chi connectivity index (χ1) is 14.0. The third kappa shape index (κ3) is 4.14. The van der Waals surface area contributed by atoms with E-state index in [0.29, 0.717) is 22.9 Å². The maximum atomic E-state index is 12.3. The second kappa shape index (κ2) is 8.04. The number of nitrogen functional groups attached to an aromatic ring is 1. The number of fused-ring (bicyclic) bond motifs is 3. The number of ether oxygens (including phenoxy) is 1. The minimum Gasteiger partial charge on any atom is -0.454 e. The molecule has 0 saturated carbocycles. The molecule has 0 spiro atoms. The van der Waals surface area contributed by atoms with E-state index >= 15 is 0 Å². The van der Waals surface area contributed by atoms with Crippen molar-refractivity contribution < 1.29 is 14.3 Å². The molecule has 0 radical (unpaired) electrons. The van der Waals surface area contributed by atoms with E-state index in [-0.39, 0.29) is 6.61 Å². The number of amides is 2. The van der Waals surface area contributed by atoms with Crippen molar-refractivity contribution in [2.45, 2.75) is 38.7 Å². The highest BCUT2D eigenvalue weighted by molar-refractivity contribution is 7.19. The number of thiophene rings is 1. The number of benzene rings is 1. The summed E-state index contributed by atoms with van der Waals surface area (Å²) >= 11 is 1.66. The van der Waals surface area contributed by atoms with Crippen molar-refractivity contribution >= 4 is 45.1 Å². The van der Waals surface area contributed by atoms with Crippen LogP contribution in [0.1, 0.15) is 45.9 Å². The first-order valence-electron chi connectivity index (χ1n) is 9.41. The Kier molecular flexibility index (Phi) is 5.30. The van der Waals surface area contributed by atoms with Gasteiger partial charge in [0, 0.05) is 10.6 Å². The molecule has 1 aliphatic rings. The lowest BCUT2D eigenvalue weighted by molar-refractivity contribution is 0.0463. The molecule has 0 atom stereocenters. The molecular formula is C20H21N5O3S. The first kappa shape index (κ1) is 19.1. The smallest absolute Gasteiger partial charge is 0.338 e. The average Bonchev–Trinajstić information content (AvgIpc) is 2.88. The molecule has 0 unspecified atom stereocenters. The van der Waals surface area contributed by atoms with Crippen LogP contribution in [0.5, 0.6) is 0 Å². The third-order valence-electron chi connectivity index (χ3n) is 4.86. The summed E-state index contributed by atoms with van der Waals surface area (Å²) in [6.45, 7) is -0.0666. The Balaban J connectivity index is 1.48. The summed E-state index contributed by atoms with van der Waals surface area (Å²) in [7, 11) is 0. The summed E-state index contributed by atoms with van der Waals surface area (Å²) in [4.78, 5) is 34.3. The van der Waals surface area contributed by atoms with Gasteiger partial charge in [-0.1, -0.05) is 6.42 Å². The van der Waals surface area contributed by atoms with Gasteiger partial charge in [-0.25, -0.2) is 19.6 Å². The van der Waals surface area contributed by atoms with Gasteiger partial charge < -0.3 is 21.5 Å². The Morgan fingerprint density at radius 1 is 1.10 bits per heavy atom. The van der Waals surface area contributed by atoms with Gasteiger partial charge in [-0.05, 0) is 55.5 Å². The lowest BCUT2D eigenvalue weighted by Crippen LogP contribution is -2.19. The lowest BCUT2D eigenvalue weighted by Gasteiger charge is -2.07. The topological polar surface area (TPSA) is 133 Å². The Morgan fingerprint density at radius 2 is 1.86 bits per heavy atom. The summed E-state index contributed by atoms with van der Waals surface area (Å²) in [5, 5.41) is 3.39. The zero-order valence-electron chi connectivity index (χ0n) is 15.7. The van der Waals surface area contributed by atoms with Crippen LogP contribution in [0.15, 0.2) is 24.3 Å². The molecule has 150 valence electrons. The molecule has 2 amide bonds. The molecule has 1 aliphatic carbocycles. The molecule has 9 heteroatoms. The van der Waals surface area contributed by atoms with Gasteiger partial charge >= 0.3 is 12.0 Å². The van der Waals surface area contributed by atoms with Crippen molar-refractivity contribution in [1.29, 1.82) is 0 Å². The number of urea groups is 1. The molecule has 1 aromatic carbocycles. The highest BCUT2D eigenvalue weighted by Crippen LogP contribution is 2.37. The normalized spacial score (nSPS) is 13.5. The zero-order chi connectivity index (χ0) is 20.4. The van der Waals surface area contributed by atoms with E-state index in [9.17, 15) is 9.59 Å². The number of aromatic nitrogens is 2. The Labute approximate surface area is 171 Å². The van der Waals surface area contributed by atoms with E-state index in [1.54, 1.807) is 35.6 Å². The lowest BCUT2D eigenvalue weighted by atomic mass is 10.1. The van der Waals surface area contributed by atoms with Crippen LogP contribution in [-0.2, 0) is 24.2 Å². The number of esters is 1. The second-order valence-electron chi connectivity index (χ2n) is 6.91. The van der Waals surface area contributed by atoms with E-state index < -0.39 is 12.0 Å². The fourth-order valence-corrected chi connectivity index (χ4v) is 4.81. The number of anilines is 2. The van der Waals surface area contributed by atoms with E-state index in [0.717, 1.165) is 29.5 Å². The predicted octanol–water partition coefficient (Wildman–Crippen LogP) is 3.39. The SMILES string of the molecule is NC(=O)Nc1ccc(C(=O)OCc2nc(N)c3c4c(sc3n2)CCCCC4)cc1. The van der Waals surface area contributed by atoms with Crippen LogP contribution in [-0.4, -0.2) is 22.0 Å². The summed E-state index contributed by atoms with van der Waals surface area (Å²) < 4.78 is 5.33. The van der Waals surface area contributed by atoms with Gasteiger partial charge in [0.2, 0.25) is 0 Å². The molecule has 2 heterocycles. The minimum atomic E-state index is -0.670. The van der Waals surface area contributed by atoms with Gasteiger partial charge in [-0.15, -0.1) is 11.3 Å². The number of aryl methyl sites for hydroxylation is 2. The number of rotatable bonds is 4. The number of hydrogen-bond acceptors (Lipinski definition) is 7. The molecule has 29 heavy (non-hydrogen) atoms. The van der Waals surface area contributed by atoms with Gasteiger partial charge in [-0.2, -0.15) is 0 Å². The van der Waals surface area contributed by atoms with Gasteiger partial charge in [-0.3, -0.25) is 0 Å². The van der Waals surface area contributed by atoms with Gasteiger partial charge in [0.15, 0.2) is 12.4 Å². The standard InChI is InChI=1S/C20H21N5O3S/c21-17-16-13-4-2-1-3-5-14(13)29-18(16)25-15(24-17)10-28-19(26)11-6-8-12(9-7-11)23-20(22)27/h6-9H,1-5,10H2,(H2,21,24,25)(H3,22,23,27). The molecule has 4 rings (SSSR count). The van der Waals surface area contributed by atoms with Crippen LogP contribution in [0.25, 0.3) is 10.2 Å². The van der Waals surface area contributed by atoms with Crippen LogP contribution >= 0.6 is 11.3 Å². The van der Waals surface area contributed by atoms with Crippen molar-refractivity contribution in [3.63, 3.8) is 0 Å². The summed E-state index contributed by atoms with van der Waals surface area (Å²) in [5.74, 6) is 0.314. The molecule has 0 aliphatic heterocycles. The summed E-state index contributed by atoms with van der Waals surface area (Å²) in [5.41, 5.74) is 13.4. The quantitative estimate of drug-likeness (QED) is 0.445. The molecule has 3 aromatic rings. The molecule has 0 bridgehead atoms. The number of primary amides is 1. The van der Waals surface area contributed by atoms with Crippen molar-refractivity contribution in [3.05, 3.63) is 46.1 Å². The van der Waals surface area contributed by atoms with Crippen LogP contribution in [0.2, 0.25) is 0 Å². The first-order valence-corrected chi connectivity index (χ1v) is 10.2. The number of nitrogens with two attached hydrogens (primary N) is 2. The molecular weight excluding hydrogens is 390 g/mol. The highest BCUT2D eigenvalue weighted by atomic mass is 32.1. The number of nitrogens with one attached hydrogen (secondary N) is 1. The average molecular weight is 411 g/mol. The third-order valence-corrected chi connectivity index (χ3v) is 6.05. The molecule has 0 fully saturated rings. The zero-order valence-corrected chi connectivity index (χ0v) is 16.6. The molecule has 5 N–H and O–H groups in total. The summed E-state index contributed by atoms with van der Waals surface area (Å²) in [6, 6.07) is 5.56. The second-order valence-corrected chi connectivity index (χ2v) is 8.00. The van der Waals surface area contributed by atoms with Crippen molar-refractivity contribution in [1.82, 2.24) is 9.97 Å². The van der Waals surface area contributed by atoms with E-state index in [2.05, 4.69) is 15.3 Å². The van der Waals surface area contributed by atoms with Crippen molar-refractivity contribution in [2.75, 3.05) is 11.1 Å². The van der Waals surface area contributed by atoms with Gasteiger partial charge in [0.1, 0.15) is 10.6 Å². The maximum Gasteiger partial charge on any atom is 0.338 e. The van der Waals surface area contributed by atoms with Crippen LogP contribution < -0.4 is 16.8 Å². The number of carbonyl (C=O) groups excluding carboxylic acids is 2. The van der Waals surface area contributed by atoms with Crippen LogP contribution in [0.3, 0.4) is 0 Å². The van der Waals surface area contributed by atoms with E-state index in [4.69, 9.17) is 16.2 Å². The predicted molar refractivity (Wildman–Crippen MR) is 112 cm³/mol. The minimum absolute atomic E-state index is 0.0666. The number of hydrogen-bond donors (Lipinski definition) is 3. The summed E-state index contributed by atoms with van der Waals surface area (Å²) in [6.07, 6.45) is 5.65. The van der Waals surface area contributed by atoms with E-state index in [1.807, 2.05) is 0 Å². The van der Waals surface area contributed by atoms with Gasteiger partial charge in [0.25, 0.3) is 0 Å². The largest absolute Gasteiger partial charge is 0.454 e. The number of carbonyl (C=O) groups is 2. The highest BCUT2D eigenvalue weighted by Gasteiger charge is 2.19. The van der Waals surface area contributed by atoms with Gasteiger partial charge in [0.05, 0.1) is 10.9 Å². The molecule has 2 aromatic heterocycles. The van der Waals surface area contributed by atoms with Crippen LogP contribution in [0, 0.1) is 0 Å². The molecule has 0 saturated heterocycles. The fraction of sp³-hybridized carbons (Fsp3) is 0.300.